The highest BCUT2D eigenvalue weighted by molar-refractivity contribution is 5.98. The number of aromatic nitrogens is 1. The molecule has 0 N–H and O–H groups in total. The molecule has 156 valence electrons. The lowest BCUT2D eigenvalue weighted by Gasteiger charge is -2.50. The molecule has 1 aromatic heterocycles. The second-order valence-corrected chi connectivity index (χ2v) is 8.72. The molecular formula is C25H24N4O2. The van der Waals surface area contributed by atoms with Crippen molar-refractivity contribution in [3.8, 4) is 0 Å². The fraction of sp³-hybridized carbons (Fsp3) is 0.320. The van der Waals surface area contributed by atoms with Crippen LogP contribution in [-0.2, 0) is 29.1 Å². The third-order valence-electron chi connectivity index (χ3n) is 6.98. The Kier molecular flexibility index (Phi) is 4.28. The summed E-state index contributed by atoms with van der Waals surface area (Å²) < 4.78 is 0. The molecule has 2 unspecified atom stereocenters. The zero-order chi connectivity index (χ0) is 20.9. The zero-order valence-corrected chi connectivity index (χ0v) is 17.3. The predicted octanol–water partition coefficient (Wildman–Crippen LogP) is 2.21. The Labute approximate surface area is 181 Å². The summed E-state index contributed by atoms with van der Waals surface area (Å²) in [5.41, 5.74) is 4.53. The molecule has 0 radical (unpaired) electrons. The number of rotatable bonds is 2. The van der Waals surface area contributed by atoms with Crippen LogP contribution < -0.4 is 0 Å². The monoisotopic (exact) mass is 412 g/mol. The maximum atomic E-state index is 13.5. The number of hydrogen-bond donors (Lipinski definition) is 0. The number of hydrogen-bond acceptors (Lipinski definition) is 4. The molecule has 0 saturated carbocycles. The van der Waals surface area contributed by atoms with Gasteiger partial charge in [0.05, 0.1) is 5.52 Å². The first-order valence-corrected chi connectivity index (χ1v) is 10.9. The van der Waals surface area contributed by atoms with Crippen LogP contribution in [-0.4, -0.2) is 63.2 Å². The van der Waals surface area contributed by atoms with E-state index in [2.05, 4.69) is 34.1 Å². The highest BCUT2D eigenvalue weighted by Gasteiger charge is 2.49. The molecular weight excluding hydrogens is 388 g/mol. The Morgan fingerprint density at radius 3 is 2.52 bits per heavy atom. The van der Waals surface area contributed by atoms with Gasteiger partial charge in [0.15, 0.2) is 0 Å². The molecule has 6 heteroatoms. The maximum Gasteiger partial charge on any atom is 0.247 e. The molecule has 2 fully saturated rings. The summed E-state index contributed by atoms with van der Waals surface area (Å²) in [6, 6.07) is 17.6. The van der Waals surface area contributed by atoms with E-state index in [1.807, 2.05) is 46.3 Å². The van der Waals surface area contributed by atoms with Crippen LogP contribution in [0.25, 0.3) is 10.9 Å². The Balaban J connectivity index is 1.25. The van der Waals surface area contributed by atoms with Crippen LogP contribution in [0.15, 0.2) is 60.8 Å². The lowest BCUT2D eigenvalue weighted by atomic mass is 9.89. The molecule has 2 aromatic carbocycles. The van der Waals surface area contributed by atoms with Gasteiger partial charge in [-0.05, 0) is 28.8 Å². The van der Waals surface area contributed by atoms with Gasteiger partial charge in [-0.1, -0.05) is 42.5 Å². The van der Waals surface area contributed by atoms with E-state index in [4.69, 9.17) is 0 Å². The van der Waals surface area contributed by atoms with Gasteiger partial charge in [-0.25, -0.2) is 0 Å². The maximum absolute atomic E-state index is 13.5. The summed E-state index contributed by atoms with van der Waals surface area (Å²) >= 11 is 0. The van der Waals surface area contributed by atoms with E-state index < -0.39 is 6.04 Å². The molecule has 4 heterocycles. The van der Waals surface area contributed by atoms with Crippen molar-refractivity contribution < 1.29 is 9.59 Å². The van der Waals surface area contributed by atoms with Crippen LogP contribution in [0.5, 0.6) is 0 Å². The van der Waals surface area contributed by atoms with Gasteiger partial charge in [-0.2, -0.15) is 0 Å². The van der Waals surface area contributed by atoms with Crippen molar-refractivity contribution in [3.63, 3.8) is 0 Å². The van der Waals surface area contributed by atoms with E-state index in [1.54, 1.807) is 0 Å². The van der Waals surface area contributed by atoms with E-state index in [1.165, 1.54) is 11.1 Å². The summed E-state index contributed by atoms with van der Waals surface area (Å²) in [6.07, 6.45) is 2.47. The van der Waals surface area contributed by atoms with Crippen LogP contribution in [0.1, 0.15) is 16.7 Å². The van der Waals surface area contributed by atoms with Crippen LogP contribution >= 0.6 is 0 Å². The van der Waals surface area contributed by atoms with Crippen molar-refractivity contribution >= 4 is 22.7 Å². The minimum absolute atomic E-state index is 0.0865. The van der Waals surface area contributed by atoms with E-state index in [0.29, 0.717) is 26.1 Å². The van der Waals surface area contributed by atoms with E-state index in [0.717, 1.165) is 29.6 Å². The molecule has 6 nitrogen and oxygen atoms in total. The molecule has 0 spiro atoms. The summed E-state index contributed by atoms with van der Waals surface area (Å²) in [6.45, 7) is 3.23. The Morgan fingerprint density at radius 1 is 0.839 bits per heavy atom. The second kappa shape index (κ2) is 7.17. The Hall–Kier alpha value is -3.25. The van der Waals surface area contributed by atoms with Crippen LogP contribution in [0.2, 0.25) is 0 Å². The highest BCUT2D eigenvalue weighted by Crippen LogP contribution is 2.31. The van der Waals surface area contributed by atoms with Crippen molar-refractivity contribution in [3.05, 3.63) is 77.5 Å². The standard InChI is InChI=1S/C25H24N4O2/c30-24-22-13-17-5-1-2-6-18(17)15-29(22)25(31)23-16-27(11-12-28(23)24)14-19-9-10-26-21-8-4-3-7-20(19)21/h1-10,22-23H,11-16H2. The molecule has 3 aromatic rings. The van der Waals surface area contributed by atoms with Crippen molar-refractivity contribution in [2.75, 3.05) is 19.6 Å². The number of para-hydroxylation sites is 1. The molecule has 6 rings (SSSR count). The molecule has 3 aliphatic heterocycles. The third-order valence-corrected chi connectivity index (χ3v) is 6.98. The summed E-state index contributed by atoms with van der Waals surface area (Å²) in [5.74, 6) is 0.191. The zero-order valence-electron chi connectivity index (χ0n) is 17.3. The molecule has 31 heavy (non-hydrogen) atoms. The van der Waals surface area contributed by atoms with Gasteiger partial charge >= 0.3 is 0 Å². The van der Waals surface area contributed by atoms with Crippen molar-refractivity contribution in [1.82, 2.24) is 19.7 Å². The minimum atomic E-state index is -0.393. The lowest BCUT2D eigenvalue weighted by Crippen LogP contribution is -2.70. The van der Waals surface area contributed by atoms with Gasteiger partial charge in [-0.3, -0.25) is 19.5 Å². The first kappa shape index (κ1) is 18.5. The topological polar surface area (TPSA) is 56.8 Å². The first-order chi connectivity index (χ1) is 15.2. The van der Waals surface area contributed by atoms with Crippen molar-refractivity contribution in [1.29, 1.82) is 0 Å². The molecule has 2 atom stereocenters. The number of fused-ring (bicyclic) bond motifs is 4. The summed E-state index contributed by atoms with van der Waals surface area (Å²) in [7, 11) is 0. The third kappa shape index (κ3) is 3.01. The average molecular weight is 412 g/mol. The average Bonchev–Trinajstić information content (AvgIpc) is 2.82. The number of pyridine rings is 1. The number of carbonyl (C=O) groups excluding carboxylic acids is 2. The van der Waals surface area contributed by atoms with Crippen molar-refractivity contribution in [2.24, 2.45) is 0 Å². The molecule has 0 bridgehead atoms. The van der Waals surface area contributed by atoms with Crippen molar-refractivity contribution in [2.45, 2.75) is 31.6 Å². The molecule has 3 aliphatic rings. The van der Waals surface area contributed by atoms with Gasteiger partial charge in [-0.15, -0.1) is 0 Å². The number of carbonyl (C=O) groups is 2. The first-order valence-electron chi connectivity index (χ1n) is 10.9. The fourth-order valence-corrected chi connectivity index (χ4v) is 5.35. The number of nitrogens with zero attached hydrogens (tertiary/aromatic N) is 4. The molecule has 2 amide bonds. The lowest BCUT2D eigenvalue weighted by molar-refractivity contribution is -0.167. The largest absolute Gasteiger partial charge is 0.326 e. The highest BCUT2D eigenvalue weighted by atomic mass is 16.2. The Bertz CT molecular complexity index is 1190. The van der Waals surface area contributed by atoms with Gasteiger partial charge in [0.2, 0.25) is 11.8 Å². The van der Waals surface area contributed by atoms with Crippen LogP contribution in [0.3, 0.4) is 0 Å². The SMILES string of the molecule is O=C1C2Cc3ccccc3CN2C(=O)C2CN(Cc3ccnc4ccccc34)CCN12. The normalized spacial score (nSPS) is 23.5. The molecule has 2 saturated heterocycles. The van der Waals surface area contributed by atoms with Gasteiger partial charge in [0, 0.05) is 50.7 Å². The smallest absolute Gasteiger partial charge is 0.247 e. The summed E-state index contributed by atoms with van der Waals surface area (Å²) in [5, 5.41) is 1.14. The quantitative estimate of drug-likeness (QED) is 0.648. The number of benzene rings is 2. The van der Waals surface area contributed by atoms with Crippen LogP contribution in [0.4, 0.5) is 0 Å². The van der Waals surface area contributed by atoms with Gasteiger partial charge in [0.1, 0.15) is 12.1 Å². The van der Waals surface area contributed by atoms with E-state index in [-0.39, 0.29) is 17.9 Å². The fourth-order valence-electron chi connectivity index (χ4n) is 5.35. The second-order valence-electron chi connectivity index (χ2n) is 8.72. The summed E-state index contributed by atoms with van der Waals surface area (Å²) in [4.78, 5) is 37.1. The van der Waals surface area contributed by atoms with Gasteiger partial charge in [0.25, 0.3) is 0 Å². The predicted molar refractivity (Wildman–Crippen MR) is 117 cm³/mol. The molecule has 0 aliphatic carbocycles. The van der Waals surface area contributed by atoms with Gasteiger partial charge < -0.3 is 9.80 Å². The Morgan fingerprint density at radius 2 is 1.61 bits per heavy atom. The van der Waals surface area contributed by atoms with E-state index >= 15 is 0 Å². The number of amides is 2. The number of piperazine rings is 2. The van der Waals surface area contributed by atoms with Crippen LogP contribution in [0, 0.1) is 0 Å². The van der Waals surface area contributed by atoms with E-state index in [9.17, 15) is 9.59 Å². The minimum Gasteiger partial charge on any atom is -0.326 e.